The number of benzene rings is 1. The fourth-order valence-corrected chi connectivity index (χ4v) is 1.90. The molecule has 0 saturated carbocycles. The van der Waals surface area contributed by atoms with Crippen LogP contribution >= 0.6 is 11.6 Å². The number of ether oxygens (including phenoxy) is 2. The van der Waals surface area contributed by atoms with Gasteiger partial charge in [0.1, 0.15) is 0 Å². The third-order valence-electron chi connectivity index (χ3n) is 2.13. The van der Waals surface area contributed by atoms with E-state index in [0.29, 0.717) is 16.7 Å². The molecule has 3 heteroatoms. The lowest BCUT2D eigenvalue weighted by Crippen LogP contribution is -1.94. The molecule has 14 heavy (non-hydrogen) atoms. The van der Waals surface area contributed by atoms with Gasteiger partial charge < -0.3 is 9.47 Å². The van der Waals surface area contributed by atoms with E-state index in [2.05, 4.69) is 13.8 Å². The van der Waals surface area contributed by atoms with Crippen LogP contribution in [0.25, 0.3) is 0 Å². The van der Waals surface area contributed by atoms with Gasteiger partial charge in [0.15, 0.2) is 11.5 Å². The van der Waals surface area contributed by atoms with Crippen molar-refractivity contribution in [3.05, 3.63) is 22.7 Å². The average molecular weight is 213 g/mol. The third kappa shape index (κ3) is 1.80. The van der Waals surface area contributed by atoms with Crippen molar-refractivity contribution in [2.24, 2.45) is 5.92 Å². The molecule has 0 saturated heterocycles. The van der Waals surface area contributed by atoms with E-state index in [1.54, 1.807) is 0 Å². The van der Waals surface area contributed by atoms with Crippen molar-refractivity contribution in [3.8, 4) is 11.5 Å². The smallest absolute Gasteiger partial charge is 0.231 e. The van der Waals surface area contributed by atoms with Crippen LogP contribution in [0.1, 0.15) is 19.4 Å². The molecule has 76 valence electrons. The molecule has 1 heterocycles. The fourth-order valence-electron chi connectivity index (χ4n) is 1.61. The van der Waals surface area contributed by atoms with Crippen molar-refractivity contribution in [1.29, 1.82) is 0 Å². The van der Waals surface area contributed by atoms with E-state index in [4.69, 9.17) is 21.1 Å². The van der Waals surface area contributed by atoms with Crippen molar-refractivity contribution in [3.63, 3.8) is 0 Å². The molecule has 2 nitrogen and oxygen atoms in total. The highest BCUT2D eigenvalue weighted by molar-refractivity contribution is 6.32. The summed E-state index contributed by atoms with van der Waals surface area (Å²) < 4.78 is 10.5. The molecule has 0 atom stereocenters. The second-order valence-electron chi connectivity index (χ2n) is 3.91. The van der Waals surface area contributed by atoms with Gasteiger partial charge in [0.2, 0.25) is 6.79 Å². The molecule has 0 radical (unpaired) electrons. The Balaban J connectivity index is 2.32. The van der Waals surface area contributed by atoms with Crippen LogP contribution < -0.4 is 9.47 Å². The summed E-state index contributed by atoms with van der Waals surface area (Å²) in [4.78, 5) is 0. The van der Waals surface area contributed by atoms with Gasteiger partial charge in [-0.2, -0.15) is 0 Å². The van der Waals surface area contributed by atoms with Gasteiger partial charge in [0, 0.05) is 0 Å². The SMILES string of the molecule is CC(C)Cc1cc(Cl)c2c(c1)OCO2. The van der Waals surface area contributed by atoms with Crippen molar-refractivity contribution in [2.45, 2.75) is 20.3 Å². The zero-order valence-electron chi connectivity index (χ0n) is 8.34. The lowest BCUT2D eigenvalue weighted by Gasteiger charge is -2.07. The quantitative estimate of drug-likeness (QED) is 0.749. The molecule has 1 aromatic carbocycles. The summed E-state index contributed by atoms with van der Waals surface area (Å²) in [5.41, 5.74) is 1.20. The normalized spacial score (nSPS) is 13.7. The lowest BCUT2D eigenvalue weighted by atomic mass is 10.0. The van der Waals surface area contributed by atoms with Crippen molar-refractivity contribution in [2.75, 3.05) is 6.79 Å². The summed E-state index contributed by atoms with van der Waals surface area (Å²) in [6.07, 6.45) is 1.01. The molecule has 0 spiro atoms. The van der Waals surface area contributed by atoms with Crippen LogP contribution in [0.5, 0.6) is 11.5 Å². The Morgan fingerprint density at radius 2 is 2.14 bits per heavy atom. The molecule has 0 N–H and O–H groups in total. The fraction of sp³-hybridized carbons (Fsp3) is 0.455. The Hall–Kier alpha value is -0.890. The molecule has 0 fully saturated rings. The van der Waals surface area contributed by atoms with E-state index in [1.807, 2.05) is 12.1 Å². The summed E-state index contributed by atoms with van der Waals surface area (Å²) in [6, 6.07) is 3.96. The van der Waals surface area contributed by atoms with Gasteiger partial charge >= 0.3 is 0 Å². The topological polar surface area (TPSA) is 18.5 Å². The third-order valence-corrected chi connectivity index (χ3v) is 2.41. The van der Waals surface area contributed by atoms with Crippen molar-refractivity contribution >= 4 is 11.6 Å². The van der Waals surface area contributed by atoms with Crippen LogP contribution in [0.15, 0.2) is 12.1 Å². The monoisotopic (exact) mass is 212 g/mol. The molecule has 1 aromatic rings. The number of fused-ring (bicyclic) bond motifs is 1. The highest BCUT2D eigenvalue weighted by Crippen LogP contribution is 2.40. The minimum atomic E-state index is 0.278. The Labute approximate surface area is 88.8 Å². The maximum absolute atomic E-state index is 6.05. The van der Waals surface area contributed by atoms with E-state index >= 15 is 0 Å². The van der Waals surface area contributed by atoms with Gasteiger partial charge in [0.25, 0.3) is 0 Å². The van der Waals surface area contributed by atoms with Gasteiger partial charge in [-0.25, -0.2) is 0 Å². The van der Waals surface area contributed by atoms with Crippen LogP contribution in [0, 0.1) is 5.92 Å². The van der Waals surface area contributed by atoms with Crippen LogP contribution in [0.4, 0.5) is 0 Å². The first-order valence-corrected chi connectivity index (χ1v) is 5.12. The largest absolute Gasteiger partial charge is 0.454 e. The Morgan fingerprint density at radius 3 is 2.86 bits per heavy atom. The standard InChI is InChI=1S/C11H13ClO2/c1-7(2)3-8-4-9(12)11-10(5-8)13-6-14-11/h4-5,7H,3,6H2,1-2H3. The molecule has 0 amide bonds. The van der Waals surface area contributed by atoms with Gasteiger partial charge in [-0.3, -0.25) is 0 Å². The second kappa shape index (κ2) is 3.70. The average Bonchev–Trinajstić information content (AvgIpc) is 2.50. The predicted molar refractivity (Wildman–Crippen MR) is 56.1 cm³/mol. The summed E-state index contributed by atoms with van der Waals surface area (Å²) in [5.74, 6) is 2.07. The highest BCUT2D eigenvalue weighted by Gasteiger charge is 2.18. The van der Waals surface area contributed by atoms with Crippen LogP contribution in [0.2, 0.25) is 5.02 Å². The van der Waals surface area contributed by atoms with E-state index in [-0.39, 0.29) is 6.79 Å². The molecule has 1 aliphatic rings. The number of hydrogen-bond donors (Lipinski definition) is 0. The first kappa shape index (κ1) is 9.66. The van der Waals surface area contributed by atoms with Gasteiger partial charge in [0.05, 0.1) is 5.02 Å². The molecule has 0 aromatic heterocycles. The summed E-state index contributed by atoms with van der Waals surface area (Å²) in [7, 11) is 0. The lowest BCUT2D eigenvalue weighted by molar-refractivity contribution is 0.174. The molecule has 2 rings (SSSR count). The Morgan fingerprint density at radius 1 is 1.36 bits per heavy atom. The number of rotatable bonds is 2. The van der Waals surface area contributed by atoms with Crippen LogP contribution in [-0.4, -0.2) is 6.79 Å². The predicted octanol–water partition coefficient (Wildman–Crippen LogP) is 3.27. The van der Waals surface area contributed by atoms with Crippen molar-refractivity contribution in [1.82, 2.24) is 0 Å². The first-order chi connectivity index (χ1) is 6.66. The molecule has 1 aliphatic heterocycles. The van der Waals surface area contributed by atoms with Gasteiger partial charge in [-0.1, -0.05) is 25.4 Å². The van der Waals surface area contributed by atoms with E-state index < -0.39 is 0 Å². The van der Waals surface area contributed by atoms with E-state index in [1.165, 1.54) is 5.56 Å². The minimum Gasteiger partial charge on any atom is -0.454 e. The molecular formula is C11H13ClO2. The summed E-state index contributed by atoms with van der Waals surface area (Å²) in [5, 5.41) is 0.649. The number of halogens is 1. The summed E-state index contributed by atoms with van der Waals surface area (Å²) >= 11 is 6.05. The molecular weight excluding hydrogens is 200 g/mol. The maximum Gasteiger partial charge on any atom is 0.231 e. The van der Waals surface area contributed by atoms with E-state index in [9.17, 15) is 0 Å². The molecule has 0 unspecified atom stereocenters. The zero-order chi connectivity index (χ0) is 10.1. The molecule has 0 bridgehead atoms. The number of hydrogen-bond acceptors (Lipinski definition) is 2. The van der Waals surface area contributed by atoms with Crippen LogP contribution in [0.3, 0.4) is 0 Å². The Kier molecular flexibility index (Phi) is 2.55. The Bertz CT molecular complexity index is 347. The van der Waals surface area contributed by atoms with Gasteiger partial charge in [-0.05, 0) is 30.0 Å². The zero-order valence-corrected chi connectivity index (χ0v) is 9.10. The highest BCUT2D eigenvalue weighted by atomic mass is 35.5. The minimum absolute atomic E-state index is 0.278. The van der Waals surface area contributed by atoms with E-state index in [0.717, 1.165) is 12.2 Å². The molecule has 0 aliphatic carbocycles. The van der Waals surface area contributed by atoms with Gasteiger partial charge in [-0.15, -0.1) is 0 Å². The second-order valence-corrected chi connectivity index (χ2v) is 4.32. The van der Waals surface area contributed by atoms with Crippen molar-refractivity contribution < 1.29 is 9.47 Å². The summed E-state index contributed by atoms with van der Waals surface area (Å²) in [6.45, 7) is 4.64. The first-order valence-electron chi connectivity index (χ1n) is 4.75. The maximum atomic E-state index is 6.05. The van der Waals surface area contributed by atoms with Crippen LogP contribution in [-0.2, 0) is 6.42 Å².